The van der Waals surface area contributed by atoms with Gasteiger partial charge in [0.05, 0.1) is 12.7 Å². The number of nitrogens with one attached hydrogen (secondary N) is 1. The summed E-state index contributed by atoms with van der Waals surface area (Å²) < 4.78 is 5.40. The average molecular weight is 276 g/mol. The molecule has 1 aromatic rings. The minimum absolute atomic E-state index is 0.0634. The highest BCUT2D eigenvalue weighted by Crippen LogP contribution is 2.06. The van der Waals surface area contributed by atoms with Crippen LogP contribution in [0.5, 0.6) is 0 Å². The Morgan fingerprint density at radius 3 is 2.80 bits per heavy atom. The minimum atomic E-state index is -0.145. The number of hydrogen-bond donors (Lipinski definition) is 1. The molecule has 20 heavy (non-hydrogen) atoms. The molecule has 1 aromatic carbocycles. The van der Waals surface area contributed by atoms with Gasteiger partial charge in [0.15, 0.2) is 0 Å². The molecule has 1 aliphatic heterocycles. The van der Waals surface area contributed by atoms with E-state index < -0.39 is 0 Å². The smallest absolute Gasteiger partial charge is 0.251 e. The first-order valence-corrected chi connectivity index (χ1v) is 6.89. The van der Waals surface area contributed by atoms with Gasteiger partial charge in [-0.2, -0.15) is 0 Å². The first kappa shape index (κ1) is 14.5. The normalized spacial score (nSPS) is 18.6. The van der Waals surface area contributed by atoms with E-state index >= 15 is 0 Å². The Morgan fingerprint density at radius 1 is 1.35 bits per heavy atom. The van der Waals surface area contributed by atoms with Gasteiger partial charge in [-0.1, -0.05) is 18.2 Å². The molecule has 1 fully saturated rings. The minimum Gasteiger partial charge on any atom is -0.375 e. The summed E-state index contributed by atoms with van der Waals surface area (Å²) in [5.41, 5.74) is 0.611. The summed E-state index contributed by atoms with van der Waals surface area (Å²) in [7, 11) is 0. The lowest BCUT2D eigenvalue weighted by atomic mass is 10.2. The Morgan fingerprint density at radius 2 is 2.10 bits per heavy atom. The Hall–Kier alpha value is -1.88. The van der Waals surface area contributed by atoms with Crippen LogP contribution in [0.25, 0.3) is 0 Å². The fraction of sp³-hybridized carbons (Fsp3) is 0.467. The van der Waals surface area contributed by atoms with Crippen LogP contribution in [0.4, 0.5) is 0 Å². The van der Waals surface area contributed by atoms with Gasteiger partial charge in [0, 0.05) is 31.6 Å². The largest absolute Gasteiger partial charge is 0.375 e. The van der Waals surface area contributed by atoms with Crippen molar-refractivity contribution < 1.29 is 14.3 Å². The van der Waals surface area contributed by atoms with Crippen LogP contribution >= 0.6 is 0 Å². The van der Waals surface area contributed by atoms with Gasteiger partial charge < -0.3 is 15.0 Å². The molecule has 1 atom stereocenters. The zero-order chi connectivity index (χ0) is 14.4. The molecule has 5 heteroatoms. The van der Waals surface area contributed by atoms with E-state index in [1.165, 1.54) is 0 Å². The first-order valence-electron chi connectivity index (χ1n) is 6.89. The number of morpholine rings is 1. The van der Waals surface area contributed by atoms with Crippen molar-refractivity contribution in [3.05, 3.63) is 35.9 Å². The van der Waals surface area contributed by atoms with E-state index in [1.807, 2.05) is 25.1 Å². The third kappa shape index (κ3) is 4.06. The van der Waals surface area contributed by atoms with Gasteiger partial charge in [0.1, 0.15) is 0 Å². The van der Waals surface area contributed by atoms with Crippen molar-refractivity contribution in [2.24, 2.45) is 0 Å². The monoisotopic (exact) mass is 276 g/mol. The zero-order valence-corrected chi connectivity index (χ0v) is 11.7. The van der Waals surface area contributed by atoms with E-state index in [0.29, 0.717) is 38.2 Å². The molecule has 0 aliphatic carbocycles. The van der Waals surface area contributed by atoms with Crippen LogP contribution in [-0.4, -0.2) is 49.1 Å². The van der Waals surface area contributed by atoms with Crippen molar-refractivity contribution >= 4 is 11.8 Å². The summed E-state index contributed by atoms with van der Waals surface area (Å²) in [6.07, 6.45) is 0.414. The van der Waals surface area contributed by atoms with Gasteiger partial charge in [-0.15, -0.1) is 0 Å². The van der Waals surface area contributed by atoms with Crippen molar-refractivity contribution in [3.63, 3.8) is 0 Å². The quantitative estimate of drug-likeness (QED) is 0.894. The van der Waals surface area contributed by atoms with Crippen LogP contribution in [0.2, 0.25) is 0 Å². The van der Waals surface area contributed by atoms with Crippen LogP contribution < -0.4 is 5.32 Å². The summed E-state index contributed by atoms with van der Waals surface area (Å²) in [5, 5.41) is 2.76. The molecule has 108 valence electrons. The Balaban J connectivity index is 1.73. The molecular weight excluding hydrogens is 256 g/mol. The highest BCUT2D eigenvalue weighted by atomic mass is 16.5. The van der Waals surface area contributed by atoms with Crippen molar-refractivity contribution in [3.8, 4) is 0 Å². The van der Waals surface area contributed by atoms with Crippen LogP contribution in [-0.2, 0) is 9.53 Å². The molecule has 0 saturated carbocycles. The van der Waals surface area contributed by atoms with Gasteiger partial charge in [-0.3, -0.25) is 9.59 Å². The molecule has 5 nitrogen and oxygen atoms in total. The number of ether oxygens (including phenoxy) is 1. The molecule has 0 aromatic heterocycles. The van der Waals surface area contributed by atoms with Gasteiger partial charge in [-0.25, -0.2) is 0 Å². The lowest BCUT2D eigenvalue weighted by Gasteiger charge is -2.31. The number of amides is 2. The first-order chi connectivity index (χ1) is 9.66. The molecule has 0 bridgehead atoms. The summed E-state index contributed by atoms with van der Waals surface area (Å²) in [6, 6.07) is 8.99. The lowest BCUT2D eigenvalue weighted by molar-refractivity contribution is -0.137. The molecule has 1 N–H and O–H groups in total. The number of hydrogen-bond acceptors (Lipinski definition) is 3. The molecule has 0 spiro atoms. The fourth-order valence-corrected chi connectivity index (χ4v) is 2.18. The standard InChI is InChI=1S/C15H20N2O3/c1-12-11-17(9-10-20-12)14(18)7-8-16-15(19)13-5-3-2-4-6-13/h2-6,12H,7-11H2,1H3,(H,16,19)/t12-/m0/s1. The van der Waals surface area contributed by atoms with E-state index in [9.17, 15) is 9.59 Å². The van der Waals surface area contributed by atoms with Gasteiger partial charge in [0.2, 0.25) is 5.91 Å². The summed E-state index contributed by atoms with van der Waals surface area (Å²) in [5.74, 6) is -0.0812. The summed E-state index contributed by atoms with van der Waals surface area (Å²) >= 11 is 0. The van der Waals surface area contributed by atoms with Gasteiger partial charge in [-0.05, 0) is 19.1 Å². The van der Waals surface area contributed by atoms with Gasteiger partial charge in [0.25, 0.3) is 5.91 Å². The zero-order valence-electron chi connectivity index (χ0n) is 11.7. The Labute approximate surface area is 118 Å². The maximum absolute atomic E-state index is 12.0. The van der Waals surface area contributed by atoms with Crippen molar-refractivity contribution in [2.45, 2.75) is 19.4 Å². The number of benzene rings is 1. The number of nitrogens with zero attached hydrogens (tertiary/aromatic N) is 1. The number of carbonyl (C=O) groups is 2. The van der Waals surface area contributed by atoms with E-state index in [4.69, 9.17) is 4.74 Å². The second kappa shape index (κ2) is 7.05. The summed E-state index contributed by atoms with van der Waals surface area (Å²) in [6.45, 7) is 4.17. The fourth-order valence-electron chi connectivity index (χ4n) is 2.18. The highest BCUT2D eigenvalue weighted by Gasteiger charge is 2.20. The second-order valence-electron chi connectivity index (χ2n) is 4.89. The van der Waals surface area contributed by atoms with E-state index in [1.54, 1.807) is 17.0 Å². The van der Waals surface area contributed by atoms with Crippen molar-refractivity contribution in [2.75, 3.05) is 26.2 Å². The average Bonchev–Trinajstić information content (AvgIpc) is 2.48. The van der Waals surface area contributed by atoms with Crippen LogP contribution in [0.15, 0.2) is 30.3 Å². The van der Waals surface area contributed by atoms with Crippen molar-refractivity contribution in [1.29, 1.82) is 0 Å². The Bertz CT molecular complexity index is 461. The van der Waals surface area contributed by atoms with Gasteiger partial charge >= 0.3 is 0 Å². The third-order valence-corrected chi connectivity index (χ3v) is 3.25. The Kier molecular flexibility index (Phi) is 5.12. The molecule has 2 amide bonds. The van der Waals surface area contributed by atoms with Crippen LogP contribution in [0.1, 0.15) is 23.7 Å². The maximum Gasteiger partial charge on any atom is 0.251 e. The number of rotatable bonds is 4. The van der Waals surface area contributed by atoms with Crippen LogP contribution in [0.3, 0.4) is 0 Å². The van der Waals surface area contributed by atoms with E-state index in [2.05, 4.69) is 5.32 Å². The molecule has 0 radical (unpaired) electrons. The SMILES string of the molecule is C[C@H]1CN(C(=O)CCNC(=O)c2ccccc2)CCO1. The number of carbonyl (C=O) groups excluding carboxylic acids is 2. The maximum atomic E-state index is 12.0. The van der Waals surface area contributed by atoms with E-state index in [-0.39, 0.29) is 17.9 Å². The lowest BCUT2D eigenvalue weighted by Crippen LogP contribution is -2.45. The molecule has 1 heterocycles. The highest BCUT2D eigenvalue weighted by molar-refractivity contribution is 5.94. The molecular formula is C15H20N2O3. The molecule has 1 saturated heterocycles. The third-order valence-electron chi connectivity index (χ3n) is 3.25. The van der Waals surface area contributed by atoms with Crippen molar-refractivity contribution in [1.82, 2.24) is 10.2 Å². The predicted molar refractivity (Wildman–Crippen MR) is 75.4 cm³/mol. The summed E-state index contributed by atoms with van der Waals surface area (Å²) in [4.78, 5) is 25.6. The van der Waals surface area contributed by atoms with E-state index in [0.717, 1.165) is 0 Å². The molecule has 1 aliphatic rings. The topological polar surface area (TPSA) is 58.6 Å². The molecule has 2 rings (SSSR count). The molecule has 0 unspecified atom stereocenters. The predicted octanol–water partition coefficient (Wildman–Crippen LogP) is 1.05. The second-order valence-corrected chi connectivity index (χ2v) is 4.89. The van der Waals surface area contributed by atoms with Crippen LogP contribution in [0, 0.1) is 0 Å².